The smallest absolute Gasteiger partial charge is 0.241 e. The number of nitrogens with zero attached hydrogens (tertiary/aromatic N) is 1. The number of piperazine rings is 1. The maximum Gasteiger partial charge on any atom is 0.241 e. The maximum atomic E-state index is 12.2. The van der Waals surface area contributed by atoms with Crippen molar-refractivity contribution < 1.29 is 9.59 Å². The first-order chi connectivity index (χ1) is 7.61. The van der Waals surface area contributed by atoms with Gasteiger partial charge in [-0.25, -0.2) is 0 Å². The molecule has 1 saturated carbocycles. The summed E-state index contributed by atoms with van der Waals surface area (Å²) in [5, 5.41) is 3.09. The fourth-order valence-electron chi connectivity index (χ4n) is 2.28. The third kappa shape index (κ3) is 2.19. The molecule has 2 aliphatic rings. The number of amides is 2. The summed E-state index contributed by atoms with van der Waals surface area (Å²) in [5.41, 5.74) is 5.31. The average Bonchev–Trinajstić information content (AvgIpc) is 3.11. The van der Waals surface area contributed by atoms with Gasteiger partial charge in [-0.15, -0.1) is 0 Å². The molecule has 1 heterocycles. The lowest BCUT2D eigenvalue weighted by atomic mass is 10.0. The molecule has 5 nitrogen and oxygen atoms in total. The normalized spacial score (nSPS) is 27.6. The first-order valence-electron chi connectivity index (χ1n) is 5.91. The Kier molecular flexibility index (Phi) is 3.14. The minimum Gasteiger partial charge on any atom is -0.368 e. The van der Waals surface area contributed by atoms with Crippen molar-refractivity contribution in [2.75, 3.05) is 19.6 Å². The van der Waals surface area contributed by atoms with Crippen LogP contribution in [0.4, 0.5) is 0 Å². The van der Waals surface area contributed by atoms with Gasteiger partial charge in [0.1, 0.15) is 6.04 Å². The van der Waals surface area contributed by atoms with Gasteiger partial charge in [-0.05, 0) is 18.8 Å². The molecule has 16 heavy (non-hydrogen) atoms. The molecule has 2 fully saturated rings. The highest BCUT2D eigenvalue weighted by Gasteiger charge is 2.38. The quantitative estimate of drug-likeness (QED) is 0.668. The van der Waals surface area contributed by atoms with Gasteiger partial charge in [-0.1, -0.05) is 6.92 Å². The molecule has 0 spiro atoms. The second-order valence-electron chi connectivity index (χ2n) is 4.78. The summed E-state index contributed by atoms with van der Waals surface area (Å²) in [5.74, 6) is 0.243. The van der Waals surface area contributed by atoms with E-state index in [1.165, 1.54) is 0 Å². The first kappa shape index (κ1) is 11.4. The highest BCUT2D eigenvalue weighted by Crippen LogP contribution is 2.37. The number of nitrogens with one attached hydrogen (secondary N) is 1. The van der Waals surface area contributed by atoms with E-state index in [1.54, 1.807) is 4.90 Å². The molecular formula is C11H19N3O2. The summed E-state index contributed by atoms with van der Waals surface area (Å²) in [6.45, 7) is 3.77. The van der Waals surface area contributed by atoms with Gasteiger partial charge in [0.05, 0.1) is 0 Å². The molecule has 2 rings (SSSR count). The van der Waals surface area contributed by atoms with Crippen LogP contribution in [0.2, 0.25) is 0 Å². The Morgan fingerprint density at radius 1 is 1.44 bits per heavy atom. The molecule has 3 N–H and O–H groups in total. The Bertz CT molecular complexity index is 302. The summed E-state index contributed by atoms with van der Waals surface area (Å²) in [7, 11) is 0. The molecule has 5 heteroatoms. The van der Waals surface area contributed by atoms with Gasteiger partial charge in [0, 0.05) is 25.6 Å². The van der Waals surface area contributed by atoms with Crippen LogP contribution in [0.15, 0.2) is 0 Å². The van der Waals surface area contributed by atoms with E-state index in [0.29, 0.717) is 19.0 Å². The van der Waals surface area contributed by atoms with E-state index in [0.717, 1.165) is 19.4 Å². The van der Waals surface area contributed by atoms with Crippen LogP contribution in [0.3, 0.4) is 0 Å². The number of hydrogen-bond donors (Lipinski definition) is 2. The molecule has 0 bridgehead atoms. The zero-order valence-corrected chi connectivity index (χ0v) is 9.61. The van der Waals surface area contributed by atoms with Crippen LogP contribution >= 0.6 is 0 Å². The van der Waals surface area contributed by atoms with E-state index >= 15 is 0 Å². The Morgan fingerprint density at radius 2 is 2.12 bits per heavy atom. The molecule has 0 radical (unpaired) electrons. The molecule has 2 amide bonds. The highest BCUT2D eigenvalue weighted by molar-refractivity contribution is 5.88. The third-order valence-electron chi connectivity index (χ3n) is 3.57. The summed E-state index contributed by atoms with van der Waals surface area (Å²) < 4.78 is 0. The van der Waals surface area contributed by atoms with E-state index in [2.05, 4.69) is 5.32 Å². The molecule has 1 aliphatic heterocycles. The second kappa shape index (κ2) is 4.41. The Balaban J connectivity index is 2.03. The molecule has 0 aromatic heterocycles. The lowest BCUT2D eigenvalue weighted by molar-refractivity contribution is -0.143. The zero-order valence-electron chi connectivity index (χ0n) is 9.61. The Hall–Kier alpha value is -1.10. The topological polar surface area (TPSA) is 75.4 Å². The molecular weight excluding hydrogens is 206 g/mol. The minimum absolute atomic E-state index is 0.0416. The van der Waals surface area contributed by atoms with E-state index in [-0.39, 0.29) is 11.8 Å². The van der Waals surface area contributed by atoms with Crippen molar-refractivity contribution in [3.8, 4) is 0 Å². The second-order valence-corrected chi connectivity index (χ2v) is 4.78. The van der Waals surface area contributed by atoms with E-state index in [9.17, 15) is 9.59 Å². The zero-order chi connectivity index (χ0) is 11.7. The SMILES string of the molecule is CC(C(=O)N1CCNCC1C(N)=O)C1CC1. The van der Waals surface area contributed by atoms with Crippen molar-refractivity contribution in [2.24, 2.45) is 17.6 Å². The van der Waals surface area contributed by atoms with Crippen LogP contribution in [0.5, 0.6) is 0 Å². The molecule has 0 aromatic carbocycles. The number of rotatable bonds is 3. The fraction of sp³-hybridized carbons (Fsp3) is 0.818. The number of hydrogen-bond acceptors (Lipinski definition) is 3. The van der Waals surface area contributed by atoms with Gasteiger partial charge in [0.2, 0.25) is 11.8 Å². The van der Waals surface area contributed by atoms with Crippen molar-refractivity contribution in [3.63, 3.8) is 0 Å². The Morgan fingerprint density at radius 3 is 2.69 bits per heavy atom. The van der Waals surface area contributed by atoms with E-state index in [4.69, 9.17) is 5.73 Å². The van der Waals surface area contributed by atoms with Crippen LogP contribution < -0.4 is 11.1 Å². The standard InChI is InChI=1S/C11H19N3O2/c1-7(8-2-3-8)11(16)14-5-4-13-6-9(14)10(12)15/h7-9,13H,2-6H2,1H3,(H2,12,15). The van der Waals surface area contributed by atoms with E-state index < -0.39 is 11.9 Å². The van der Waals surface area contributed by atoms with Crippen LogP contribution in [-0.2, 0) is 9.59 Å². The maximum absolute atomic E-state index is 12.2. The predicted octanol–water partition coefficient (Wildman–Crippen LogP) is -0.682. The molecule has 1 saturated heterocycles. The third-order valence-corrected chi connectivity index (χ3v) is 3.57. The van der Waals surface area contributed by atoms with Crippen LogP contribution in [0, 0.1) is 11.8 Å². The van der Waals surface area contributed by atoms with Crippen LogP contribution in [0.25, 0.3) is 0 Å². The number of carbonyl (C=O) groups is 2. The number of nitrogens with two attached hydrogens (primary N) is 1. The summed E-state index contributed by atoms with van der Waals surface area (Å²) >= 11 is 0. The first-order valence-corrected chi connectivity index (χ1v) is 5.91. The summed E-state index contributed by atoms with van der Waals surface area (Å²) in [4.78, 5) is 25.1. The predicted molar refractivity (Wildman–Crippen MR) is 59.5 cm³/mol. The molecule has 1 aliphatic carbocycles. The summed E-state index contributed by atoms with van der Waals surface area (Å²) in [6.07, 6.45) is 2.28. The van der Waals surface area contributed by atoms with Crippen molar-refractivity contribution in [1.29, 1.82) is 0 Å². The summed E-state index contributed by atoms with van der Waals surface area (Å²) in [6, 6.07) is -0.470. The molecule has 2 atom stereocenters. The largest absolute Gasteiger partial charge is 0.368 e. The lowest BCUT2D eigenvalue weighted by Crippen LogP contribution is -2.59. The van der Waals surface area contributed by atoms with Gasteiger partial charge >= 0.3 is 0 Å². The lowest BCUT2D eigenvalue weighted by Gasteiger charge is -2.35. The van der Waals surface area contributed by atoms with Crippen molar-refractivity contribution in [2.45, 2.75) is 25.8 Å². The average molecular weight is 225 g/mol. The fourth-order valence-corrected chi connectivity index (χ4v) is 2.28. The number of carbonyl (C=O) groups excluding carboxylic acids is 2. The van der Waals surface area contributed by atoms with Crippen molar-refractivity contribution in [1.82, 2.24) is 10.2 Å². The monoisotopic (exact) mass is 225 g/mol. The van der Waals surface area contributed by atoms with Gasteiger partial charge in [-0.2, -0.15) is 0 Å². The Labute approximate surface area is 95.3 Å². The van der Waals surface area contributed by atoms with Gasteiger partial charge in [0.25, 0.3) is 0 Å². The highest BCUT2D eigenvalue weighted by atomic mass is 16.2. The minimum atomic E-state index is -0.470. The van der Waals surface area contributed by atoms with Gasteiger partial charge in [0.15, 0.2) is 0 Å². The van der Waals surface area contributed by atoms with E-state index in [1.807, 2.05) is 6.92 Å². The molecule has 90 valence electrons. The molecule has 0 aromatic rings. The van der Waals surface area contributed by atoms with Gasteiger partial charge < -0.3 is 16.0 Å². The van der Waals surface area contributed by atoms with Crippen molar-refractivity contribution in [3.05, 3.63) is 0 Å². The van der Waals surface area contributed by atoms with Gasteiger partial charge in [-0.3, -0.25) is 9.59 Å². The molecule has 2 unspecified atom stereocenters. The van der Waals surface area contributed by atoms with Crippen LogP contribution in [0.1, 0.15) is 19.8 Å². The van der Waals surface area contributed by atoms with Crippen molar-refractivity contribution >= 4 is 11.8 Å². The number of primary amides is 1. The van der Waals surface area contributed by atoms with Crippen LogP contribution in [-0.4, -0.2) is 42.4 Å².